The Kier molecular flexibility index (Phi) is 3.07. The maximum absolute atomic E-state index is 5.94. The zero-order valence-electron chi connectivity index (χ0n) is 14.4. The molecule has 0 fully saturated rings. The fraction of sp³-hybridized carbons (Fsp3) is 0. The third-order valence-corrected chi connectivity index (χ3v) is 6.28. The fourth-order valence-corrected chi connectivity index (χ4v) is 4.98. The lowest BCUT2D eigenvalue weighted by atomic mass is 10.1. The molecular formula is C24H15NOS. The number of fused-ring (bicyclic) bond motifs is 6. The monoisotopic (exact) mass is 365 g/mol. The molecule has 0 bridgehead atoms. The molecule has 128 valence electrons. The van der Waals surface area contributed by atoms with E-state index in [9.17, 15) is 0 Å². The van der Waals surface area contributed by atoms with Gasteiger partial charge in [0.05, 0.1) is 10.4 Å². The van der Waals surface area contributed by atoms with Crippen molar-refractivity contribution in [3.63, 3.8) is 0 Å². The molecule has 0 atom stereocenters. The largest absolute Gasteiger partial charge is 0.456 e. The Labute approximate surface area is 159 Å². The van der Waals surface area contributed by atoms with Crippen LogP contribution in [-0.4, -0.2) is 0 Å². The van der Waals surface area contributed by atoms with Crippen molar-refractivity contribution in [3.8, 4) is 0 Å². The van der Waals surface area contributed by atoms with Gasteiger partial charge in [-0.1, -0.05) is 48.5 Å². The summed E-state index contributed by atoms with van der Waals surface area (Å²) in [6.45, 7) is 0. The number of furan rings is 1. The first-order valence-corrected chi connectivity index (χ1v) is 9.77. The van der Waals surface area contributed by atoms with Crippen LogP contribution in [0.25, 0.3) is 42.1 Å². The van der Waals surface area contributed by atoms with E-state index in [-0.39, 0.29) is 0 Å². The number of hydrogen-bond donors (Lipinski definition) is 1. The van der Waals surface area contributed by atoms with Gasteiger partial charge in [-0.15, -0.1) is 11.3 Å². The molecule has 1 N–H and O–H groups in total. The molecule has 6 rings (SSSR count). The van der Waals surface area contributed by atoms with Crippen molar-refractivity contribution in [2.24, 2.45) is 0 Å². The summed E-state index contributed by atoms with van der Waals surface area (Å²) >= 11 is 1.83. The highest BCUT2D eigenvalue weighted by Crippen LogP contribution is 2.39. The van der Waals surface area contributed by atoms with Crippen LogP contribution in [0.3, 0.4) is 0 Å². The number of thiophene rings is 1. The second kappa shape index (κ2) is 5.60. The molecule has 4 aromatic carbocycles. The Morgan fingerprint density at radius 2 is 1.41 bits per heavy atom. The van der Waals surface area contributed by atoms with Crippen LogP contribution in [0.4, 0.5) is 11.4 Å². The normalized spacial score (nSPS) is 11.7. The summed E-state index contributed by atoms with van der Waals surface area (Å²) in [7, 11) is 0. The zero-order valence-corrected chi connectivity index (χ0v) is 15.2. The smallest absolute Gasteiger partial charge is 0.135 e. The number of anilines is 2. The van der Waals surface area contributed by atoms with Crippen molar-refractivity contribution in [1.82, 2.24) is 0 Å². The molecule has 2 heterocycles. The van der Waals surface area contributed by atoms with Gasteiger partial charge in [0.25, 0.3) is 0 Å². The van der Waals surface area contributed by atoms with Gasteiger partial charge in [-0.3, -0.25) is 0 Å². The first-order chi connectivity index (χ1) is 13.4. The highest BCUT2D eigenvalue weighted by molar-refractivity contribution is 7.26. The molecule has 0 aliphatic rings. The second-order valence-corrected chi connectivity index (χ2v) is 7.77. The van der Waals surface area contributed by atoms with Crippen molar-refractivity contribution >= 4 is 64.8 Å². The maximum Gasteiger partial charge on any atom is 0.135 e. The van der Waals surface area contributed by atoms with E-state index < -0.39 is 0 Å². The maximum atomic E-state index is 5.94. The minimum Gasteiger partial charge on any atom is -0.456 e. The molecule has 2 aromatic heterocycles. The molecule has 0 radical (unpaired) electrons. The van der Waals surface area contributed by atoms with Gasteiger partial charge in [0.1, 0.15) is 11.2 Å². The average molecular weight is 365 g/mol. The first kappa shape index (κ1) is 14.8. The lowest BCUT2D eigenvalue weighted by Gasteiger charge is -2.08. The van der Waals surface area contributed by atoms with Gasteiger partial charge in [-0.2, -0.15) is 0 Å². The fourth-order valence-electron chi connectivity index (χ4n) is 3.80. The molecular weight excluding hydrogens is 350 g/mol. The lowest BCUT2D eigenvalue weighted by Crippen LogP contribution is -1.89. The van der Waals surface area contributed by atoms with Gasteiger partial charge in [-0.25, -0.2) is 0 Å². The third kappa shape index (κ3) is 2.25. The van der Waals surface area contributed by atoms with Crippen LogP contribution < -0.4 is 5.32 Å². The molecule has 0 amide bonds. The number of hydrogen-bond acceptors (Lipinski definition) is 3. The summed E-state index contributed by atoms with van der Waals surface area (Å²) in [6, 6.07) is 29.5. The molecule has 0 aliphatic heterocycles. The Hall–Kier alpha value is -3.30. The SMILES string of the molecule is c1ccc2c(c1)oc1ccc(Nc3cccc4c3sc3ccccc34)cc12. The van der Waals surface area contributed by atoms with Crippen LogP contribution in [0.1, 0.15) is 0 Å². The minimum absolute atomic E-state index is 0.918. The Bertz CT molecular complexity index is 1460. The summed E-state index contributed by atoms with van der Waals surface area (Å²) in [6.07, 6.45) is 0. The van der Waals surface area contributed by atoms with E-state index in [1.165, 1.54) is 20.2 Å². The van der Waals surface area contributed by atoms with Crippen LogP contribution in [0.15, 0.2) is 89.3 Å². The predicted molar refractivity (Wildman–Crippen MR) is 116 cm³/mol. The van der Waals surface area contributed by atoms with Crippen LogP contribution in [0.5, 0.6) is 0 Å². The van der Waals surface area contributed by atoms with Crippen LogP contribution in [0.2, 0.25) is 0 Å². The van der Waals surface area contributed by atoms with E-state index in [0.717, 1.165) is 33.3 Å². The summed E-state index contributed by atoms with van der Waals surface area (Å²) in [5.74, 6) is 0. The number of nitrogens with one attached hydrogen (secondary N) is 1. The summed E-state index contributed by atoms with van der Waals surface area (Å²) in [5.41, 5.74) is 4.05. The Morgan fingerprint density at radius 1 is 0.630 bits per heavy atom. The predicted octanol–water partition coefficient (Wildman–Crippen LogP) is 7.70. The minimum atomic E-state index is 0.918. The van der Waals surface area contributed by atoms with E-state index in [0.29, 0.717) is 0 Å². The van der Waals surface area contributed by atoms with Crippen molar-refractivity contribution in [2.75, 3.05) is 5.32 Å². The lowest BCUT2D eigenvalue weighted by molar-refractivity contribution is 0.669. The molecule has 27 heavy (non-hydrogen) atoms. The number of para-hydroxylation sites is 1. The average Bonchev–Trinajstić information content (AvgIpc) is 3.27. The van der Waals surface area contributed by atoms with E-state index in [2.05, 4.69) is 72.0 Å². The van der Waals surface area contributed by atoms with Crippen LogP contribution >= 0.6 is 11.3 Å². The molecule has 3 heteroatoms. The standard InChI is InChI=1S/C24H15NOS/c1-3-10-21-16(6-1)19-14-15(12-13-22(19)26-21)25-20-9-5-8-18-17-7-2-4-11-23(17)27-24(18)20/h1-14,25H. The molecule has 0 aliphatic carbocycles. The summed E-state index contributed by atoms with van der Waals surface area (Å²) < 4.78 is 8.55. The van der Waals surface area contributed by atoms with Gasteiger partial charge in [0, 0.05) is 31.9 Å². The van der Waals surface area contributed by atoms with Gasteiger partial charge in [0.2, 0.25) is 0 Å². The van der Waals surface area contributed by atoms with Gasteiger partial charge in [0.15, 0.2) is 0 Å². The van der Waals surface area contributed by atoms with Crippen LogP contribution in [-0.2, 0) is 0 Å². The Morgan fingerprint density at radius 3 is 2.37 bits per heavy atom. The summed E-state index contributed by atoms with van der Waals surface area (Å²) in [4.78, 5) is 0. The van der Waals surface area contributed by atoms with Crippen molar-refractivity contribution in [2.45, 2.75) is 0 Å². The van der Waals surface area contributed by atoms with Crippen molar-refractivity contribution < 1.29 is 4.42 Å². The van der Waals surface area contributed by atoms with Crippen molar-refractivity contribution in [3.05, 3.63) is 84.9 Å². The quantitative estimate of drug-likeness (QED) is 0.340. The number of benzene rings is 4. The molecule has 2 nitrogen and oxygen atoms in total. The number of rotatable bonds is 2. The Balaban J connectivity index is 1.51. The second-order valence-electron chi connectivity index (χ2n) is 6.71. The van der Waals surface area contributed by atoms with E-state index in [1.54, 1.807) is 0 Å². The molecule has 0 spiro atoms. The van der Waals surface area contributed by atoms with Crippen LogP contribution in [0, 0.1) is 0 Å². The zero-order chi connectivity index (χ0) is 17.8. The van der Waals surface area contributed by atoms with E-state index in [1.807, 2.05) is 29.5 Å². The van der Waals surface area contributed by atoms with Gasteiger partial charge < -0.3 is 9.73 Å². The summed E-state index contributed by atoms with van der Waals surface area (Å²) in [5, 5.41) is 8.53. The first-order valence-electron chi connectivity index (χ1n) is 8.95. The molecule has 0 saturated carbocycles. The van der Waals surface area contributed by atoms with E-state index in [4.69, 9.17) is 4.42 Å². The molecule has 6 aromatic rings. The highest BCUT2D eigenvalue weighted by Gasteiger charge is 2.10. The topological polar surface area (TPSA) is 25.2 Å². The van der Waals surface area contributed by atoms with Crippen molar-refractivity contribution in [1.29, 1.82) is 0 Å². The highest BCUT2D eigenvalue weighted by atomic mass is 32.1. The van der Waals surface area contributed by atoms with Gasteiger partial charge in [-0.05, 0) is 36.4 Å². The molecule has 0 saturated heterocycles. The van der Waals surface area contributed by atoms with E-state index >= 15 is 0 Å². The van der Waals surface area contributed by atoms with Gasteiger partial charge >= 0.3 is 0 Å². The third-order valence-electron chi connectivity index (χ3n) is 5.06. The molecule has 0 unspecified atom stereocenters.